The standard InChI is InChI=1S/C24H19BN2/c1-15(2)27-21-10-6-5-9-19(21)20-12-11-17(13-22(20)27)24-18-8-4-3-7-16(18)14-23(25)26-24/h3-15H,1-2H3. The van der Waals surface area contributed by atoms with Gasteiger partial charge in [-0.3, -0.25) is 4.98 Å². The fourth-order valence-electron chi connectivity index (χ4n) is 4.14. The Morgan fingerprint density at radius 2 is 1.48 bits per heavy atom. The van der Waals surface area contributed by atoms with E-state index in [4.69, 9.17) is 7.85 Å². The van der Waals surface area contributed by atoms with Gasteiger partial charge in [0.15, 0.2) is 0 Å². The third-order valence-electron chi connectivity index (χ3n) is 5.26. The molecule has 0 saturated carbocycles. The first-order valence-electron chi connectivity index (χ1n) is 9.32. The number of hydrogen-bond acceptors (Lipinski definition) is 1. The van der Waals surface area contributed by atoms with E-state index in [1.807, 2.05) is 18.2 Å². The van der Waals surface area contributed by atoms with E-state index in [1.54, 1.807) is 0 Å². The largest absolute Gasteiger partial charge is 0.338 e. The Morgan fingerprint density at radius 1 is 0.778 bits per heavy atom. The van der Waals surface area contributed by atoms with E-state index < -0.39 is 0 Å². The van der Waals surface area contributed by atoms with E-state index in [9.17, 15) is 0 Å². The van der Waals surface area contributed by atoms with Crippen molar-refractivity contribution in [2.75, 3.05) is 0 Å². The molecule has 3 aromatic carbocycles. The minimum atomic E-state index is 0.369. The fraction of sp³-hybridized carbons (Fsp3) is 0.125. The highest BCUT2D eigenvalue weighted by molar-refractivity contribution is 6.32. The lowest BCUT2D eigenvalue weighted by Gasteiger charge is -2.13. The molecular formula is C24H19BN2. The average molecular weight is 346 g/mol. The van der Waals surface area contributed by atoms with Gasteiger partial charge < -0.3 is 4.57 Å². The van der Waals surface area contributed by atoms with Crippen LogP contribution in [0.5, 0.6) is 0 Å². The van der Waals surface area contributed by atoms with Crippen molar-refractivity contribution >= 4 is 46.0 Å². The van der Waals surface area contributed by atoms with Crippen LogP contribution in [0.2, 0.25) is 0 Å². The molecule has 27 heavy (non-hydrogen) atoms. The number of pyridine rings is 1. The Balaban J connectivity index is 1.87. The van der Waals surface area contributed by atoms with Crippen molar-refractivity contribution < 1.29 is 0 Å². The van der Waals surface area contributed by atoms with E-state index in [-0.39, 0.29) is 0 Å². The molecule has 2 nitrogen and oxygen atoms in total. The second-order valence-corrected chi connectivity index (χ2v) is 7.33. The number of benzene rings is 3. The van der Waals surface area contributed by atoms with Crippen LogP contribution in [-0.4, -0.2) is 17.4 Å². The van der Waals surface area contributed by atoms with Gasteiger partial charge in [0.05, 0.1) is 11.2 Å². The summed E-state index contributed by atoms with van der Waals surface area (Å²) in [5.41, 5.74) is 5.08. The lowest BCUT2D eigenvalue weighted by Crippen LogP contribution is -2.09. The van der Waals surface area contributed by atoms with Crippen molar-refractivity contribution in [2.45, 2.75) is 19.9 Å². The molecule has 0 unspecified atom stereocenters. The van der Waals surface area contributed by atoms with Crippen LogP contribution in [0.1, 0.15) is 19.9 Å². The van der Waals surface area contributed by atoms with E-state index >= 15 is 0 Å². The first kappa shape index (κ1) is 16.1. The second kappa shape index (κ2) is 5.99. The van der Waals surface area contributed by atoms with Gasteiger partial charge in [0.2, 0.25) is 0 Å². The van der Waals surface area contributed by atoms with Gasteiger partial charge in [0, 0.05) is 33.3 Å². The molecule has 2 aromatic heterocycles. The van der Waals surface area contributed by atoms with E-state index in [0.717, 1.165) is 22.0 Å². The minimum Gasteiger partial charge on any atom is -0.338 e. The molecule has 5 rings (SSSR count). The Labute approximate surface area is 159 Å². The monoisotopic (exact) mass is 346 g/mol. The number of para-hydroxylation sites is 1. The molecule has 0 fully saturated rings. The van der Waals surface area contributed by atoms with Crippen LogP contribution in [0.15, 0.2) is 72.8 Å². The van der Waals surface area contributed by atoms with Crippen molar-refractivity contribution in [2.24, 2.45) is 0 Å². The molecule has 2 radical (unpaired) electrons. The molecule has 2 heterocycles. The Morgan fingerprint density at radius 3 is 2.30 bits per heavy atom. The van der Waals surface area contributed by atoms with Gasteiger partial charge in [0.25, 0.3) is 0 Å². The minimum absolute atomic E-state index is 0.369. The molecule has 0 aliphatic rings. The summed E-state index contributed by atoms with van der Waals surface area (Å²) >= 11 is 0. The molecule has 0 aliphatic carbocycles. The molecule has 0 spiro atoms. The van der Waals surface area contributed by atoms with Crippen LogP contribution in [-0.2, 0) is 0 Å². The van der Waals surface area contributed by atoms with Crippen LogP contribution in [0.3, 0.4) is 0 Å². The molecule has 128 valence electrons. The highest BCUT2D eigenvalue weighted by Gasteiger charge is 2.14. The van der Waals surface area contributed by atoms with Crippen molar-refractivity contribution in [3.63, 3.8) is 0 Å². The molecule has 0 bridgehead atoms. The molecule has 3 heteroatoms. The number of hydrogen-bond donors (Lipinski definition) is 0. The molecule has 0 atom stereocenters. The molecule has 0 saturated heterocycles. The van der Waals surface area contributed by atoms with Crippen LogP contribution in [0.4, 0.5) is 0 Å². The predicted octanol–water partition coefficient (Wildman–Crippen LogP) is 5.38. The summed E-state index contributed by atoms with van der Waals surface area (Å²) in [4.78, 5) is 4.68. The number of rotatable bonds is 2. The molecule has 0 N–H and O–H groups in total. The second-order valence-electron chi connectivity index (χ2n) is 7.33. The zero-order valence-corrected chi connectivity index (χ0v) is 15.5. The summed E-state index contributed by atoms with van der Waals surface area (Å²) in [6.07, 6.45) is 0. The van der Waals surface area contributed by atoms with Crippen LogP contribution < -0.4 is 5.59 Å². The summed E-state index contributed by atoms with van der Waals surface area (Å²) in [5.74, 6) is 0. The first-order chi connectivity index (χ1) is 13.1. The maximum absolute atomic E-state index is 6.10. The van der Waals surface area contributed by atoms with Crippen molar-refractivity contribution in [1.82, 2.24) is 9.55 Å². The van der Waals surface area contributed by atoms with Gasteiger partial charge in [-0.1, -0.05) is 54.6 Å². The van der Waals surface area contributed by atoms with Crippen molar-refractivity contribution in [3.05, 3.63) is 72.8 Å². The van der Waals surface area contributed by atoms with Gasteiger partial charge in [0.1, 0.15) is 7.85 Å². The van der Waals surface area contributed by atoms with E-state index in [1.165, 1.54) is 21.8 Å². The smallest absolute Gasteiger partial charge is 0.141 e. The molecule has 5 aromatic rings. The van der Waals surface area contributed by atoms with Gasteiger partial charge in [-0.05, 0) is 43.0 Å². The quantitative estimate of drug-likeness (QED) is 0.392. The maximum Gasteiger partial charge on any atom is 0.141 e. The highest BCUT2D eigenvalue weighted by Crippen LogP contribution is 2.35. The lowest BCUT2D eigenvalue weighted by molar-refractivity contribution is 0.642. The molecule has 0 aliphatic heterocycles. The van der Waals surface area contributed by atoms with Crippen LogP contribution in [0, 0.1) is 0 Å². The Kier molecular flexibility index (Phi) is 3.58. The topological polar surface area (TPSA) is 17.8 Å². The SMILES string of the molecule is [B]c1cc2ccccc2c(-c2ccc3c4ccccc4n(C(C)C)c3c2)n1. The Bertz CT molecular complexity index is 1310. The predicted molar refractivity (Wildman–Crippen MR) is 116 cm³/mol. The summed E-state index contributed by atoms with van der Waals surface area (Å²) in [6.45, 7) is 4.46. The fourth-order valence-corrected chi connectivity index (χ4v) is 4.14. The lowest BCUT2D eigenvalue weighted by atomic mass is 9.96. The Hall–Kier alpha value is -3.07. The average Bonchev–Trinajstić information content (AvgIpc) is 3.01. The maximum atomic E-state index is 6.10. The van der Waals surface area contributed by atoms with Gasteiger partial charge in [-0.15, -0.1) is 0 Å². The summed E-state index contributed by atoms with van der Waals surface area (Å²) < 4.78 is 2.41. The third kappa shape index (κ3) is 2.46. The summed E-state index contributed by atoms with van der Waals surface area (Å²) in [6, 6.07) is 25.8. The molecular weight excluding hydrogens is 327 g/mol. The van der Waals surface area contributed by atoms with E-state index in [0.29, 0.717) is 11.6 Å². The van der Waals surface area contributed by atoms with Gasteiger partial charge in [-0.25, -0.2) is 0 Å². The van der Waals surface area contributed by atoms with Crippen molar-refractivity contribution in [1.29, 1.82) is 0 Å². The molecule has 0 amide bonds. The van der Waals surface area contributed by atoms with E-state index in [2.05, 4.69) is 78.0 Å². The van der Waals surface area contributed by atoms with Crippen LogP contribution >= 0.6 is 0 Å². The number of aromatic nitrogens is 2. The zero-order valence-electron chi connectivity index (χ0n) is 15.5. The van der Waals surface area contributed by atoms with Crippen molar-refractivity contribution in [3.8, 4) is 11.3 Å². The first-order valence-corrected chi connectivity index (χ1v) is 9.32. The number of fused-ring (bicyclic) bond motifs is 4. The number of nitrogens with zero attached hydrogens (tertiary/aromatic N) is 2. The van der Waals surface area contributed by atoms with Gasteiger partial charge >= 0.3 is 0 Å². The highest BCUT2D eigenvalue weighted by atomic mass is 15.0. The normalized spacial score (nSPS) is 11.8. The summed E-state index contributed by atoms with van der Waals surface area (Å²) in [5, 5.41) is 4.80. The summed E-state index contributed by atoms with van der Waals surface area (Å²) in [7, 11) is 6.10. The third-order valence-corrected chi connectivity index (χ3v) is 5.26. The van der Waals surface area contributed by atoms with Crippen LogP contribution in [0.25, 0.3) is 43.8 Å². The zero-order chi connectivity index (χ0) is 18.5. The van der Waals surface area contributed by atoms with Gasteiger partial charge in [-0.2, -0.15) is 0 Å².